The molecule has 0 atom stereocenters. The molecule has 0 aliphatic heterocycles. The molecule has 0 unspecified atom stereocenters. The first-order valence-electron chi connectivity index (χ1n) is 7.11. The maximum absolute atomic E-state index is 13.8. The van der Waals surface area contributed by atoms with Crippen molar-refractivity contribution in [2.45, 2.75) is 6.92 Å². The average Bonchev–Trinajstić information content (AvgIpc) is 2.53. The number of nitrogens with zero attached hydrogens (tertiary/aromatic N) is 2. The van der Waals surface area contributed by atoms with Crippen molar-refractivity contribution >= 4 is 38.9 Å². The molecule has 0 aliphatic rings. The molecule has 0 radical (unpaired) electrons. The molecule has 0 saturated heterocycles. The van der Waals surface area contributed by atoms with Crippen LogP contribution in [0.15, 0.2) is 53.0 Å². The third-order valence-corrected chi connectivity index (χ3v) is 3.88. The second-order valence-electron chi connectivity index (χ2n) is 5.01. The Morgan fingerprint density at radius 2 is 1.50 bits per heavy atom. The maximum Gasteiger partial charge on any atom is 0.149 e. The van der Waals surface area contributed by atoms with Gasteiger partial charge in [0.2, 0.25) is 0 Å². The van der Waals surface area contributed by atoms with Gasteiger partial charge in [-0.15, -0.1) is 0 Å². The van der Waals surface area contributed by atoms with Gasteiger partial charge in [-0.25, -0.2) is 18.7 Å². The largest absolute Gasteiger partial charge is 0.339 e. The molecule has 24 heavy (non-hydrogen) atoms. The SMILES string of the molecule is Cc1nc(Nc2ccccc2Br)cc(Nc2c(F)cccc2F)n1. The highest BCUT2D eigenvalue weighted by Gasteiger charge is 2.11. The number of anilines is 4. The van der Waals surface area contributed by atoms with Crippen molar-refractivity contribution in [3.63, 3.8) is 0 Å². The quantitative estimate of drug-likeness (QED) is 0.633. The molecule has 0 amide bonds. The van der Waals surface area contributed by atoms with E-state index in [1.807, 2.05) is 24.3 Å². The minimum absolute atomic E-state index is 0.248. The van der Waals surface area contributed by atoms with Crippen LogP contribution < -0.4 is 10.6 Å². The predicted octanol–water partition coefficient (Wildman–Crippen LogP) is 5.31. The standard InChI is InChI=1S/C17H13BrF2N4/c1-10-21-15(23-14-8-3-2-5-11(14)18)9-16(22-10)24-17-12(19)6-4-7-13(17)20/h2-9H,1H3,(H2,21,22,23,24). The molecule has 2 N–H and O–H groups in total. The Morgan fingerprint density at radius 1 is 0.875 bits per heavy atom. The van der Waals surface area contributed by atoms with Crippen LogP contribution >= 0.6 is 15.9 Å². The number of nitrogens with one attached hydrogen (secondary N) is 2. The van der Waals surface area contributed by atoms with Gasteiger partial charge in [0.15, 0.2) is 0 Å². The summed E-state index contributed by atoms with van der Waals surface area (Å²) in [6.45, 7) is 1.70. The highest BCUT2D eigenvalue weighted by Crippen LogP contribution is 2.27. The molecule has 1 aromatic heterocycles. The van der Waals surface area contributed by atoms with Gasteiger partial charge in [0.1, 0.15) is 34.8 Å². The Hall–Kier alpha value is -2.54. The molecule has 0 saturated carbocycles. The lowest BCUT2D eigenvalue weighted by Gasteiger charge is -2.12. The molecule has 1 heterocycles. The van der Waals surface area contributed by atoms with E-state index in [2.05, 4.69) is 36.5 Å². The summed E-state index contributed by atoms with van der Waals surface area (Å²) in [7, 11) is 0. The summed E-state index contributed by atoms with van der Waals surface area (Å²) >= 11 is 3.44. The van der Waals surface area contributed by atoms with Crippen molar-refractivity contribution in [3.05, 3.63) is 70.5 Å². The Bertz CT molecular complexity index is 866. The third-order valence-electron chi connectivity index (χ3n) is 3.19. The van der Waals surface area contributed by atoms with E-state index in [9.17, 15) is 8.78 Å². The van der Waals surface area contributed by atoms with Gasteiger partial charge in [0.25, 0.3) is 0 Å². The number of hydrogen-bond donors (Lipinski definition) is 2. The molecule has 0 bridgehead atoms. The van der Waals surface area contributed by atoms with Crippen LogP contribution in [0.1, 0.15) is 5.82 Å². The van der Waals surface area contributed by atoms with Gasteiger partial charge in [-0.05, 0) is 47.1 Å². The van der Waals surface area contributed by atoms with E-state index in [1.165, 1.54) is 18.2 Å². The fraction of sp³-hybridized carbons (Fsp3) is 0.0588. The minimum atomic E-state index is -0.688. The molecule has 0 spiro atoms. The highest BCUT2D eigenvalue weighted by molar-refractivity contribution is 9.10. The molecule has 122 valence electrons. The van der Waals surface area contributed by atoms with Crippen molar-refractivity contribution in [2.24, 2.45) is 0 Å². The predicted molar refractivity (Wildman–Crippen MR) is 93.8 cm³/mol. The van der Waals surface area contributed by atoms with Gasteiger partial charge in [-0.2, -0.15) is 0 Å². The Balaban J connectivity index is 1.91. The maximum atomic E-state index is 13.8. The second-order valence-corrected chi connectivity index (χ2v) is 5.87. The Kier molecular flexibility index (Phi) is 4.71. The molecule has 0 aliphatic carbocycles. The van der Waals surface area contributed by atoms with Crippen LogP contribution in [0.5, 0.6) is 0 Å². The zero-order chi connectivity index (χ0) is 17.1. The molecular formula is C17H13BrF2N4. The summed E-state index contributed by atoms with van der Waals surface area (Å²) in [5, 5.41) is 5.81. The van der Waals surface area contributed by atoms with E-state index < -0.39 is 11.6 Å². The zero-order valence-corrected chi connectivity index (χ0v) is 14.2. The normalized spacial score (nSPS) is 10.5. The lowest BCUT2D eigenvalue weighted by Crippen LogP contribution is -2.04. The number of rotatable bonds is 4. The number of hydrogen-bond acceptors (Lipinski definition) is 4. The van der Waals surface area contributed by atoms with Crippen molar-refractivity contribution in [3.8, 4) is 0 Å². The van der Waals surface area contributed by atoms with Crippen LogP contribution in [-0.4, -0.2) is 9.97 Å². The number of benzene rings is 2. The van der Waals surface area contributed by atoms with Crippen LogP contribution in [0.4, 0.5) is 31.8 Å². The molecular weight excluding hydrogens is 378 g/mol. The smallest absolute Gasteiger partial charge is 0.149 e. The van der Waals surface area contributed by atoms with Crippen LogP contribution in [0.2, 0.25) is 0 Å². The molecule has 3 rings (SSSR count). The summed E-state index contributed by atoms with van der Waals surface area (Å²) < 4.78 is 28.4. The zero-order valence-electron chi connectivity index (χ0n) is 12.6. The lowest BCUT2D eigenvalue weighted by molar-refractivity contribution is 0.590. The number of halogens is 3. The first-order chi connectivity index (χ1) is 11.5. The first-order valence-corrected chi connectivity index (χ1v) is 7.90. The van der Waals surface area contributed by atoms with Crippen molar-refractivity contribution < 1.29 is 8.78 Å². The minimum Gasteiger partial charge on any atom is -0.339 e. The van der Waals surface area contributed by atoms with Crippen LogP contribution in [0, 0.1) is 18.6 Å². The van der Waals surface area contributed by atoms with Crippen LogP contribution in [-0.2, 0) is 0 Å². The topological polar surface area (TPSA) is 49.8 Å². The fourth-order valence-corrected chi connectivity index (χ4v) is 2.53. The van der Waals surface area contributed by atoms with E-state index in [0.717, 1.165) is 10.2 Å². The summed E-state index contributed by atoms with van der Waals surface area (Å²) in [5.74, 6) is -0.112. The molecule has 3 aromatic rings. The lowest BCUT2D eigenvalue weighted by atomic mass is 10.3. The van der Waals surface area contributed by atoms with Crippen molar-refractivity contribution in [1.29, 1.82) is 0 Å². The second kappa shape index (κ2) is 6.92. The van der Waals surface area contributed by atoms with Crippen molar-refractivity contribution in [1.82, 2.24) is 9.97 Å². The Labute approximate surface area is 146 Å². The summed E-state index contributed by atoms with van der Waals surface area (Å²) in [6, 6.07) is 12.8. The average molecular weight is 391 g/mol. The Morgan fingerprint density at radius 3 is 2.17 bits per heavy atom. The molecule has 7 heteroatoms. The molecule has 0 fully saturated rings. The number of para-hydroxylation sites is 2. The van der Waals surface area contributed by atoms with Crippen LogP contribution in [0.25, 0.3) is 0 Å². The number of aryl methyl sites for hydroxylation is 1. The first kappa shape index (κ1) is 16.3. The van der Waals surface area contributed by atoms with E-state index in [0.29, 0.717) is 17.5 Å². The third kappa shape index (κ3) is 3.68. The van der Waals surface area contributed by atoms with Crippen molar-refractivity contribution in [2.75, 3.05) is 10.6 Å². The summed E-state index contributed by atoms with van der Waals surface area (Å²) in [6.07, 6.45) is 0. The van der Waals surface area contributed by atoms with Gasteiger partial charge >= 0.3 is 0 Å². The highest BCUT2D eigenvalue weighted by atomic mass is 79.9. The van der Waals surface area contributed by atoms with E-state index >= 15 is 0 Å². The van der Waals surface area contributed by atoms with Gasteiger partial charge < -0.3 is 10.6 Å². The fourth-order valence-electron chi connectivity index (χ4n) is 2.14. The van der Waals surface area contributed by atoms with Gasteiger partial charge in [0, 0.05) is 10.5 Å². The van der Waals surface area contributed by atoms with Gasteiger partial charge in [0.05, 0.1) is 5.69 Å². The van der Waals surface area contributed by atoms with E-state index in [-0.39, 0.29) is 5.69 Å². The van der Waals surface area contributed by atoms with E-state index in [1.54, 1.807) is 13.0 Å². The van der Waals surface area contributed by atoms with Crippen LogP contribution in [0.3, 0.4) is 0 Å². The summed E-state index contributed by atoms with van der Waals surface area (Å²) in [5.41, 5.74) is 0.570. The van der Waals surface area contributed by atoms with Gasteiger partial charge in [-0.1, -0.05) is 18.2 Å². The van der Waals surface area contributed by atoms with E-state index in [4.69, 9.17) is 0 Å². The molecule has 4 nitrogen and oxygen atoms in total. The summed E-state index contributed by atoms with van der Waals surface area (Å²) in [4.78, 5) is 8.45. The van der Waals surface area contributed by atoms with Gasteiger partial charge in [-0.3, -0.25) is 0 Å². The number of aromatic nitrogens is 2. The monoisotopic (exact) mass is 390 g/mol. The molecule has 2 aromatic carbocycles.